The molecule has 0 spiro atoms. The standard InChI is InChI=1S/C24H31FN2O4/c1-29-22-9-3-18(17-23(22)30-2)12-15-27-20(6-10-24(27)28)11-13-26-14-16-31-21-7-4-19(25)5-8-21/h3-5,7-9,17,20,26H,6,10-16H2,1-2H3/t20-/m1/s1. The number of likely N-dealkylation sites (tertiary alicyclic amines) is 1. The summed E-state index contributed by atoms with van der Waals surface area (Å²) in [6, 6.07) is 12.2. The fourth-order valence-corrected chi connectivity index (χ4v) is 3.85. The Labute approximate surface area is 183 Å². The highest BCUT2D eigenvalue weighted by Crippen LogP contribution is 2.28. The van der Waals surface area contributed by atoms with Crippen molar-refractivity contribution in [2.45, 2.75) is 31.7 Å². The van der Waals surface area contributed by atoms with Crippen LogP contribution in [0.1, 0.15) is 24.8 Å². The van der Waals surface area contributed by atoms with Crippen molar-refractivity contribution >= 4 is 5.91 Å². The van der Waals surface area contributed by atoms with Gasteiger partial charge >= 0.3 is 0 Å². The van der Waals surface area contributed by atoms with Crippen molar-refractivity contribution < 1.29 is 23.4 Å². The van der Waals surface area contributed by atoms with Crippen LogP contribution in [0.4, 0.5) is 4.39 Å². The lowest BCUT2D eigenvalue weighted by Crippen LogP contribution is -2.37. The fraction of sp³-hybridized carbons (Fsp3) is 0.458. The first kappa shape index (κ1) is 22.9. The van der Waals surface area contributed by atoms with E-state index in [4.69, 9.17) is 14.2 Å². The zero-order valence-electron chi connectivity index (χ0n) is 18.2. The van der Waals surface area contributed by atoms with Crippen LogP contribution in [0, 0.1) is 5.82 Å². The summed E-state index contributed by atoms with van der Waals surface area (Å²) in [6.07, 6.45) is 3.21. The van der Waals surface area contributed by atoms with Gasteiger partial charge in [-0.05, 0) is 67.8 Å². The Morgan fingerprint density at radius 2 is 1.84 bits per heavy atom. The zero-order chi connectivity index (χ0) is 22.1. The average molecular weight is 431 g/mol. The SMILES string of the molecule is COc1ccc(CCN2C(=O)CC[C@@H]2CCNCCOc2ccc(F)cc2)cc1OC. The van der Waals surface area contributed by atoms with Gasteiger partial charge in [0, 0.05) is 25.6 Å². The highest BCUT2D eigenvalue weighted by atomic mass is 19.1. The number of ether oxygens (including phenoxy) is 3. The number of halogens is 1. The zero-order valence-corrected chi connectivity index (χ0v) is 18.2. The molecule has 2 aromatic rings. The summed E-state index contributed by atoms with van der Waals surface area (Å²) in [5.41, 5.74) is 1.12. The maximum Gasteiger partial charge on any atom is 0.222 e. The van der Waals surface area contributed by atoms with Gasteiger partial charge in [-0.2, -0.15) is 0 Å². The number of methoxy groups -OCH3 is 2. The van der Waals surface area contributed by atoms with E-state index in [1.165, 1.54) is 12.1 Å². The third kappa shape index (κ3) is 6.59. The molecule has 0 unspecified atom stereocenters. The summed E-state index contributed by atoms with van der Waals surface area (Å²) in [7, 11) is 3.24. The molecule has 168 valence electrons. The van der Waals surface area contributed by atoms with Crippen molar-refractivity contribution in [1.82, 2.24) is 10.2 Å². The highest BCUT2D eigenvalue weighted by molar-refractivity contribution is 5.78. The Kier molecular flexibility index (Phi) is 8.53. The van der Waals surface area contributed by atoms with E-state index in [9.17, 15) is 9.18 Å². The van der Waals surface area contributed by atoms with E-state index in [1.54, 1.807) is 26.4 Å². The predicted octanol–water partition coefficient (Wildman–Crippen LogP) is 3.44. The first-order chi connectivity index (χ1) is 15.1. The van der Waals surface area contributed by atoms with Gasteiger partial charge in [0.2, 0.25) is 5.91 Å². The quantitative estimate of drug-likeness (QED) is 0.523. The van der Waals surface area contributed by atoms with E-state index in [-0.39, 0.29) is 17.8 Å². The molecular weight excluding hydrogens is 399 g/mol. The molecular formula is C24H31FN2O4. The molecule has 1 aliphatic heterocycles. The fourth-order valence-electron chi connectivity index (χ4n) is 3.85. The first-order valence-electron chi connectivity index (χ1n) is 10.7. The second kappa shape index (κ2) is 11.6. The van der Waals surface area contributed by atoms with E-state index in [2.05, 4.69) is 5.32 Å². The number of hydrogen-bond acceptors (Lipinski definition) is 5. The van der Waals surface area contributed by atoms with E-state index < -0.39 is 0 Å². The smallest absolute Gasteiger partial charge is 0.222 e. The van der Waals surface area contributed by atoms with Gasteiger partial charge in [0.1, 0.15) is 18.2 Å². The second-order valence-electron chi connectivity index (χ2n) is 7.56. The van der Waals surface area contributed by atoms with Crippen LogP contribution in [0.2, 0.25) is 0 Å². The lowest BCUT2D eigenvalue weighted by Gasteiger charge is -2.25. The number of carbonyl (C=O) groups excluding carboxylic acids is 1. The Morgan fingerprint density at radius 3 is 2.58 bits per heavy atom. The number of amides is 1. The maximum atomic E-state index is 12.9. The normalized spacial score (nSPS) is 15.9. The van der Waals surface area contributed by atoms with E-state index in [0.717, 1.165) is 31.4 Å². The molecule has 1 N–H and O–H groups in total. The van der Waals surface area contributed by atoms with Crippen molar-refractivity contribution in [3.63, 3.8) is 0 Å². The second-order valence-corrected chi connectivity index (χ2v) is 7.56. The minimum Gasteiger partial charge on any atom is -0.493 e. The molecule has 1 atom stereocenters. The van der Waals surface area contributed by atoms with Crippen molar-refractivity contribution in [2.75, 3.05) is 40.5 Å². The average Bonchev–Trinajstić information content (AvgIpc) is 3.14. The van der Waals surface area contributed by atoms with Gasteiger partial charge in [-0.1, -0.05) is 6.07 Å². The molecule has 3 rings (SSSR count). The minimum atomic E-state index is -0.271. The molecule has 6 nitrogen and oxygen atoms in total. The Hall–Kier alpha value is -2.80. The summed E-state index contributed by atoms with van der Waals surface area (Å²) in [5, 5.41) is 3.36. The predicted molar refractivity (Wildman–Crippen MR) is 117 cm³/mol. The molecule has 0 radical (unpaired) electrons. The number of hydrogen-bond donors (Lipinski definition) is 1. The third-order valence-electron chi connectivity index (χ3n) is 5.56. The largest absolute Gasteiger partial charge is 0.493 e. The molecule has 1 fully saturated rings. The molecule has 1 aliphatic rings. The molecule has 0 aliphatic carbocycles. The summed E-state index contributed by atoms with van der Waals surface area (Å²) in [4.78, 5) is 14.4. The van der Waals surface area contributed by atoms with Gasteiger partial charge in [0.05, 0.1) is 14.2 Å². The van der Waals surface area contributed by atoms with E-state index in [0.29, 0.717) is 43.4 Å². The molecule has 0 bridgehead atoms. The van der Waals surface area contributed by atoms with Crippen LogP contribution in [-0.2, 0) is 11.2 Å². The molecule has 1 heterocycles. The summed E-state index contributed by atoms with van der Waals surface area (Å²) >= 11 is 0. The van der Waals surface area contributed by atoms with Crippen LogP contribution >= 0.6 is 0 Å². The van der Waals surface area contributed by atoms with Gasteiger partial charge in [0.15, 0.2) is 11.5 Å². The Balaban J connectivity index is 1.39. The van der Waals surface area contributed by atoms with Crippen molar-refractivity contribution in [3.8, 4) is 17.2 Å². The summed E-state index contributed by atoms with van der Waals surface area (Å²) < 4.78 is 29.1. The molecule has 31 heavy (non-hydrogen) atoms. The number of nitrogens with zero attached hydrogens (tertiary/aromatic N) is 1. The lowest BCUT2D eigenvalue weighted by molar-refractivity contribution is -0.129. The molecule has 7 heteroatoms. The highest BCUT2D eigenvalue weighted by Gasteiger charge is 2.29. The van der Waals surface area contributed by atoms with Crippen molar-refractivity contribution in [2.24, 2.45) is 0 Å². The number of carbonyl (C=O) groups is 1. The van der Waals surface area contributed by atoms with Crippen LogP contribution in [0.3, 0.4) is 0 Å². The van der Waals surface area contributed by atoms with Crippen LogP contribution in [0.25, 0.3) is 0 Å². The van der Waals surface area contributed by atoms with Crippen LogP contribution in [0.5, 0.6) is 17.2 Å². The lowest BCUT2D eigenvalue weighted by atomic mass is 10.1. The number of rotatable bonds is 12. The third-order valence-corrected chi connectivity index (χ3v) is 5.56. The summed E-state index contributed by atoms with van der Waals surface area (Å²) in [5.74, 6) is 2.02. The van der Waals surface area contributed by atoms with Crippen molar-refractivity contribution in [3.05, 3.63) is 53.8 Å². The Morgan fingerprint density at radius 1 is 1.06 bits per heavy atom. The van der Waals surface area contributed by atoms with Gasteiger partial charge in [-0.3, -0.25) is 4.79 Å². The van der Waals surface area contributed by atoms with Gasteiger partial charge in [-0.15, -0.1) is 0 Å². The Bertz CT molecular complexity index is 844. The van der Waals surface area contributed by atoms with E-state index >= 15 is 0 Å². The monoisotopic (exact) mass is 430 g/mol. The first-order valence-corrected chi connectivity index (χ1v) is 10.7. The van der Waals surface area contributed by atoms with Crippen LogP contribution < -0.4 is 19.5 Å². The van der Waals surface area contributed by atoms with Crippen LogP contribution in [-0.4, -0.2) is 57.3 Å². The molecule has 1 amide bonds. The topological polar surface area (TPSA) is 60.0 Å². The number of nitrogens with one attached hydrogen (secondary N) is 1. The molecule has 0 saturated carbocycles. The molecule has 2 aromatic carbocycles. The maximum absolute atomic E-state index is 12.9. The molecule has 0 aromatic heterocycles. The van der Waals surface area contributed by atoms with Gasteiger partial charge < -0.3 is 24.4 Å². The van der Waals surface area contributed by atoms with Gasteiger partial charge in [-0.25, -0.2) is 4.39 Å². The van der Waals surface area contributed by atoms with Crippen LogP contribution in [0.15, 0.2) is 42.5 Å². The van der Waals surface area contributed by atoms with Gasteiger partial charge in [0.25, 0.3) is 0 Å². The summed E-state index contributed by atoms with van der Waals surface area (Å²) in [6.45, 7) is 2.73. The minimum absolute atomic E-state index is 0.227. The number of benzene rings is 2. The molecule has 1 saturated heterocycles. The van der Waals surface area contributed by atoms with E-state index in [1.807, 2.05) is 23.1 Å². The van der Waals surface area contributed by atoms with Crippen molar-refractivity contribution in [1.29, 1.82) is 0 Å².